The number of thiazole rings is 1. The molecule has 1 aliphatic heterocycles. The van der Waals surface area contributed by atoms with Gasteiger partial charge in [0.15, 0.2) is 16.3 Å². The van der Waals surface area contributed by atoms with Gasteiger partial charge in [-0.2, -0.15) is 0 Å². The molecule has 0 amide bonds. The van der Waals surface area contributed by atoms with Crippen LogP contribution in [0.4, 0.5) is 0 Å². The van der Waals surface area contributed by atoms with Gasteiger partial charge in [-0.05, 0) is 76.5 Å². The molecule has 4 aromatic rings. The van der Waals surface area contributed by atoms with E-state index >= 15 is 0 Å². The second kappa shape index (κ2) is 10.1. The largest absolute Gasteiger partial charge is 0.504 e. The van der Waals surface area contributed by atoms with Crippen LogP contribution in [0.25, 0.3) is 16.8 Å². The number of allylic oxidation sites excluding steroid dienone is 1. The van der Waals surface area contributed by atoms with Crippen LogP contribution in [-0.2, 0) is 9.53 Å². The van der Waals surface area contributed by atoms with Crippen LogP contribution >= 0.6 is 33.9 Å². The molecule has 0 radical (unpaired) electrons. The first-order valence-corrected chi connectivity index (χ1v) is 13.5. The van der Waals surface area contributed by atoms with E-state index in [4.69, 9.17) is 9.47 Å². The highest BCUT2D eigenvalue weighted by Crippen LogP contribution is 2.35. The van der Waals surface area contributed by atoms with Crippen LogP contribution in [0.1, 0.15) is 31.0 Å². The smallest absolute Gasteiger partial charge is 0.338 e. The Kier molecular flexibility index (Phi) is 6.91. The molecule has 0 saturated carbocycles. The summed E-state index contributed by atoms with van der Waals surface area (Å²) in [5, 5.41) is 12.2. The van der Waals surface area contributed by atoms with Crippen molar-refractivity contribution in [1.82, 2.24) is 4.57 Å². The van der Waals surface area contributed by atoms with Crippen molar-refractivity contribution < 1.29 is 19.4 Å². The summed E-state index contributed by atoms with van der Waals surface area (Å²) in [4.78, 5) is 32.2. The van der Waals surface area contributed by atoms with E-state index in [0.29, 0.717) is 35.5 Å². The molecule has 1 aromatic heterocycles. The molecule has 1 aliphatic rings. The molecule has 188 valence electrons. The third kappa shape index (κ3) is 4.46. The number of carbonyl (C=O) groups excluding carboxylic acids is 1. The predicted molar refractivity (Wildman–Crippen MR) is 152 cm³/mol. The number of aromatic hydroxyl groups is 1. The van der Waals surface area contributed by atoms with Crippen LogP contribution in [0.3, 0.4) is 0 Å². The molecule has 1 N–H and O–H groups in total. The Morgan fingerprint density at radius 3 is 2.73 bits per heavy atom. The van der Waals surface area contributed by atoms with Crippen molar-refractivity contribution in [3.05, 3.63) is 100 Å². The number of phenols is 1. The summed E-state index contributed by atoms with van der Waals surface area (Å²) in [7, 11) is 1.48. The zero-order valence-electron chi connectivity index (χ0n) is 20.3. The highest BCUT2D eigenvalue weighted by molar-refractivity contribution is 14.1. The van der Waals surface area contributed by atoms with Gasteiger partial charge in [0.1, 0.15) is 0 Å². The maximum atomic E-state index is 13.9. The number of phenolic OH excluding ortho intramolecular Hbond substituents is 1. The van der Waals surface area contributed by atoms with Crippen molar-refractivity contribution in [2.24, 2.45) is 4.99 Å². The summed E-state index contributed by atoms with van der Waals surface area (Å²) < 4.78 is 13.3. The van der Waals surface area contributed by atoms with E-state index < -0.39 is 12.0 Å². The maximum Gasteiger partial charge on any atom is 0.338 e. The zero-order valence-corrected chi connectivity index (χ0v) is 23.3. The molecule has 3 aromatic carbocycles. The number of halogens is 1. The van der Waals surface area contributed by atoms with Crippen LogP contribution in [0.15, 0.2) is 75.7 Å². The molecule has 0 fully saturated rings. The molecular formula is C28H23IN2O5S. The summed E-state index contributed by atoms with van der Waals surface area (Å²) in [6.45, 7) is 3.74. The average molecular weight is 626 g/mol. The molecule has 0 saturated heterocycles. The topological polar surface area (TPSA) is 90.1 Å². The number of rotatable bonds is 5. The summed E-state index contributed by atoms with van der Waals surface area (Å²) in [6, 6.07) is 16.5. The lowest BCUT2D eigenvalue weighted by molar-refractivity contribution is -0.139. The number of carbonyl (C=O) groups is 1. The van der Waals surface area contributed by atoms with Gasteiger partial charge in [-0.1, -0.05) is 53.8 Å². The van der Waals surface area contributed by atoms with Crippen molar-refractivity contribution in [3.8, 4) is 11.5 Å². The Morgan fingerprint density at radius 2 is 1.97 bits per heavy atom. The highest BCUT2D eigenvalue weighted by atomic mass is 127. The molecule has 0 bridgehead atoms. The lowest BCUT2D eigenvalue weighted by atomic mass is 9.91. The van der Waals surface area contributed by atoms with Gasteiger partial charge in [-0.25, -0.2) is 9.79 Å². The Bertz CT molecular complexity index is 1760. The van der Waals surface area contributed by atoms with Crippen molar-refractivity contribution >= 4 is 56.7 Å². The van der Waals surface area contributed by atoms with Gasteiger partial charge in [0.2, 0.25) is 0 Å². The van der Waals surface area contributed by atoms with Crippen LogP contribution in [0.2, 0.25) is 0 Å². The van der Waals surface area contributed by atoms with Crippen molar-refractivity contribution in [2.45, 2.75) is 19.9 Å². The number of aromatic nitrogens is 1. The molecule has 5 rings (SSSR count). The van der Waals surface area contributed by atoms with Gasteiger partial charge in [0, 0.05) is 0 Å². The van der Waals surface area contributed by atoms with Gasteiger partial charge < -0.3 is 14.6 Å². The Balaban J connectivity index is 1.79. The van der Waals surface area contributed by atoms with E-state index in [1.54, 1.807) is 36.6 Å². The van der Waals surface area contributed by atoms with E-state index in [-0.39, 0.29) is 17.9 Å². The van der Waals surface area contributed by atoms with Gasteiger partial charge in [0.05, 0.1) is 39.1 Å². The fourth-order valence-corrected chi connectivity index (χ4v) is 6.23. The van der Waals surface area contributed by atoms with Crippen LogP contribution in [0.5, 0.6) is 11.5 Å². The molecule has 1 atom stereocenters. The Morgan fingerprint density at radius 1 is 1.22 bits per heavy atom. The van der Waals surface area contributed by atoms with E-state index in [0.717, 1.165) is 16.3 Å². The van der Waals surface area contributed by atoms with Gasteiger partial charge in [-0.3, -0.25) is 9.36 Å². The van der Waals surface area contributed by atoms with Crippen LogP contribution in [0, 0.1) is 3.57 Å². The Labute approximate surface area is 230 Å². The minimum atomic E-state index is -0.696. The summed E-state index contributed by atoms with van der Waals surface area (Å²) >= 11 is 3.27. The normalized spacial score (nSPS) is 15.5. The molecule has 9 heteroatoms. The van der Waals surface area contributed by atoms with E-state index in [1.807, 2.05) is 65.1 Å². The number of esters is 1. The molecule has 37 heavy (non-hydrogen) atoms. The fraction of sp³-hybridized carbons (Fsp3) is 0.179. The minimum Gasteiger partial charge on any atom is -0.504 e. The number of benzene rings is 3. The third-order valence-electron chi connectivity index (χ3n) is 6.20. The summed E-state index contributed by atoms with van der Waals surface area (Å²) in [5.74, 6) is -0.124. The molecule has 0 unspecified atom stereocenters. The van der Waals surface area contributed by atoms with E-state index in [2.05, 4.69) is 4.99 Å². The van der Waals surface area contributed by atoms with Gasteiger partial charge in [-0.15, -0.1) is 0 Å². The van der Waals surface area contributed by atoms with Crippen molar-refractivity contribution in [2.75, 3.05) is 13.7 Å². The minimum absolute atomic E-state index is 0.0485. The summed E-state index contributed by atoms with van der Waals surface area (Å²) in [5.41, 5.74) is 2.12. The molecule has 0 spiro atoms. The summed E-state index contributed by atoms with van der Waals surface area (Å²) in [6.07, 6.45) is 1.75. The molecule has 2 heterocycles. The highest BCUT2D eigenvalue weighted by Gasteiger charge is 2.34. The van der Waals surface area contributed by atoms with Crippen LogP contribution in [-0.4, -0.2) is 29.4 Å². The number of hydrogen-bond donors (Lipinski definition) is 1. The quantitative estimate of drug-likeness (QED) is 0.264. The average Bonchev–Trinajstić information content (AvgIpc) is 3.19. The Hall–Kier alpha value is -3.44. The lowest BCUT2D eigenvalue weighted by Crippen LogP contribution is -2.40. The van der Waals surface area contributed by atoms with Crippen molar-refractivity contribution in [3.63, 3.8) is 0 Å². The number of nitrogens with zero attached hydrogens (tertiary/aromatic N) is 2. The third-order valence-corrected chi connectivity index (χ3v) is 8.01. The van der Waals surface area contributed by atoms with Gasteiger partial charge >= 0.3 is 5.97 Å². The standard InChI is InChI=1S/C28H23IN2O5S/c1-4-36-27(34)23-15(2)30-28-31(24(23)19-11-7-9-17-8-5-6-10-18(17)19)26(33)22(37-28)14-16-12-20(29)25(32)21(13-16)35-3/h5-14,24,32H,4H2,1-3H3/b22-14-/t24-/m0/s1. The zero-order chi connectivity index (χ0) is 26.3. The fourth-order valence-electron chi connectivity index (χ4n) is 4.56. The van der Waals surface area contributed by atoms with E-state index in [9.17, 15) is 14.7 Å². The van der Waals surface area contributed by atoms with E-state index in [1.165, 1.54) is 18.4 Å². The lowest BCUT2D eigenvalue weighted by Gasteiger charge is -2.25. The van der Waals surface area contributed by atoms with Crippen LogP contribution < -0.4 is 19.6 Å². The first kappa shape index (κ1) is 25.2. The number of fused-ring (bicyclic) bond motifs is 2. The number of ether oxygens (including phenoxy) is 2. The molecular weight excluding hydrogens is 603 g/mol. The van der Waals surface area contributed by atoms with Crippen molar-refractivity contribution in [1.29, 1.82) is 0 Å². The second-order valence-corrected chi connectivity index (χ2v) is 10.6. The predicted octanol–water partition coefficient (Wildman–Crippen LogP) is 4.27. The first-order chi connectivity index (χ1) is 17.8. The SMILES string of the molecule is CCOC(=O)C1=C(C)N=c2s/c(=C\c3cc(I)c(O)c(OC)c3)c(=O)n2[C@H]1c1cccc2ccccc12. The first-order valence-electron chi connectivity index (χ1n) is 11.6. The number of methoxy groups -OCH3 is 1. The monoisotopic (exact) mass is 626 g/mol. The van der Waals surface area contributed by atoms with Gasteiger partial charge in [0.25, 0.3) is 5.56 Å². The maximum absolute atomic E-state index is 13.9. The number of hydrogen-bond acceptors (Lipinski definition) is 7. The second-order valence-electron chi connectivity index (χ2n) is 8.42. The molecule has 7 nitrogen and oxygen atoms in total. The molecule has 0 aliphatic carbocycles.